The Balaban J connectivity index is 2.80. The van der Waals surface area contributed by atoms with Crippen molar-refractivity contribution in [2.24, 2.45) is 22.3 Å². The van der Waals surface area contributed by atoms with Crippen molar-refractivity contribution < 1.29 is 9.59 Å². The standard InChI is InChI=1S/C14H25N3O2S/c1-13(2,10(15)18)9-17-12(19)14(11(16)20)7-5-3-4-6-8-14/h3-9H2,1-2H3,(H2,15,18)(H2,16,20)(H,17,19). The molecule has 0 aromatic heterocycles. The van der Waals surface area contributed by atoms with Crippen LogP contribution in [0.4, 0.5) is 0 Å². The predicted octanol–water partition coefficient (Wildman–Crippen LogP) is 1.24. The van der Waals surface area contributed by atoms with Crippen molar-refractivity contribution in [1.29, 1.82) is 0 Å². The minimum absolute atomic E-state index is 0.166. The van der Waals surface area contributed by atoms with Crippen molar-refractivity contribution in [2.45, 2.75) is 52.4 Å². The SMILES string of the molecule is CC(C)(CNC(=O)C1(C(N)=S)CCCCCC1)C(N)=O. The number of thiocarbonyl (C=S) groups is 1. The second-order valence-electron chi connectivity index (χ2n) is 6.29. The Morgan fingerprint density at radius 1 is 1.15 bits per heavy atom. The molecule has 0 aliphatic heterocycles. The van der Waals surface area contributed by atoms with Crippen LogP contribution in [-0.4, -0.2) is 23.3 Å². The van der Waals surface area contributed by atoms with Crippen LogP contribution < -0.4 is 16.8 Å². The number of hydrogen-bond donors (Lipinski definition) is 3. The van der Waals surface area contributed by atoms with Crippen LogP contribution in [0.1, 0.15) is 52.4 Å². The van der Waals surface area contributed by atoms with Crippen LogP contribution in [0.2, 0.25) is 0 Å². The molecule has 1 aliphatic rings. The van der Waals surface area contributed by atoms with Gasteiger partial charge >= 0.3 is 0 Å². The van der Waals surface area contributed by atoms with Gasteiger partial charge in [0.2, 0.25) is 11.8 Å². The minimum Gasteiger partial charge on any atom is -0.392 e. The zero-order valence-corrected chi connectivity index (χ0v) is 13.1. The summed E-state index contributed by atoms with van der Waals surface area (Å²) in [6, 6.07) is 0. The van der Waals surface area contributed by atoms with Crippen molar-refractivity contribution in [3.63, 3.8) is 0 Å². The summed E-state index contributed by atoms with van der Waals surface area (Å²) < 4.78 is 0. The van der Waals surface area contributed by atoms with E-state index in [1.165, 1.54) is 0 Å². The molecule has 0 aromatic carbocycles. The van der Waals surface area contributed by atoms with Gasteiger partial charge in [0.05, 0.1) is 15.8 Å². The molecule has 1 rings (SSSR count). The first-order valence-corrected chi connectivity index (χ1v) is 7.51. The Hall–Kier alpha value is -1.17. The number of hydrogen-bond acceptors (Lipinski definition) is 3. The van der Waals surface area contributed by atoms with Crippen molar-refractivity contribution in [2.75, 3.05) is 6.54 Å². The lowest BCUT2D eigenvalue weighted by Crippen LogP contribution is -2.52. The van der Waals surface area contributed by atoms with E-state index in [1.54, 1.807) is 13.8 Å². The molecule has 1 saturated carbocycles. The highest BCUT2D eigenvalue weighted by molar-refractivity contribution is 7.80. The summed E-state index contributed by atoms with van der Waals surface area (Å²) in [7, 11) is 0. The Morgan fingerprint density at radius 2 is 1.65 bits per heavy atom. The van der Waals surface area contributed by atoms with E-state index in [2.05, 4.69) is 5.32 Å². The van der Waals surface area contributed by atoms with Crippen LogP contribution in [0.25, 0.3) is 0 Å². The first-order chi connectivity index (χ1) is 9.22. The van der Waals surface area contributed by atoms with Crippen molar-refractivity contribution >= 4 is 29.0 Å². The summed E-state index contributed by atoms with van der Waals surface area (Å²) in [4.78, 5) is 24.1. The maximum Gasteiger partial charge on any atom is 0.233 e. The summed E-state index contributed by atoms with van der Waals surface area (Å²) in [5.74, 6) is -0.607. The van der Waals surface area contributed by atoms with Crippen LogP contribution in [0.15, 0.2) is 0 Å². The number of amides is 2. The third-order valence-electron chi connectivity index (χ3n) is 4.22. The first-order valence-electron chi connectivity index (χ1n) is 7.10. The average Bonchev–Trinajstić information content (AvgIpc) is 2.62. The van der Waals surface area contributed by atoms with Crippen LogP contribution in [-0.2, 0) is 9.59 Å². The number of nitrogens with two attached hydrogens (primary N) is 2. The smallest absolute Gasteiger partial charge is 0.233 e. The van der Waals surface area contributed by atoms with Gasteiger partial charge in [-0.05, 0) is 26.7 Å². The van der Waals surface area contributed by atoms with E-state index in [0.717, 1.165) is 25.7 Å². The second-order valence-corrected chi connectivity index (χ2v) is 6.73. The molecular formula is C14H25N3O2S. The van der Waals surface area contributed by atoms with Crippen LogP contribution >= 0.6 is 12.2 Å². The Morgan fingerprint density at radius 3 is 2.05 bits per heavy atom. The van der Waals surface area contributed by atoms with Crippen LogP contribution in [0.3, 0.4) is 0 Å². The number of carbonyl (C=O) groups excluding carboxylic acids is 2. The summed E-state index contributed by atoms with van der Waals surface area (Å²) >= 11 is 5.15. The topological polar surface area (TPSA) is 98.2 Å². The second kappa shape index (κ2) is 6.52. The van der Waals surface area contributed by atoms with E-state index in [1.807, 2.05) is 0 Å². The van der Waals surface area contributed by atoms with Crippen molar-refractivity contribution in [3.8, 4) is 0 Å². The average molecular weight is 299 g/mol. The number of primary amides is 1. The van der Waals surface area contributed by atoms with E-state index in [4.69, 9.17) is 23.7 Å². The molecular weight excluding hydrogens is 274 g/mol. The quantitative estimate of drug-likeness (QED) is 0.525. The van der Waals surface area contributed by atoms with Gasteiger partial charge in [-0.3, -0.25) is 9.59 Å². The molecule has 2 amide bonds. The fourth-order valence-corrected chi connectivity index (χ4v) is 2.77. The monoisotopic (exact) mass is 299 g/mol. The number of nitrogens with one attached hydrogen (secondary N) is 1. The van der Waals surface area contributed by atoms with E-state index < -0.39 is 16.7 Å². The third kappa shape index (κ3) is 3.69. The van der Waals surface area contributed by atoms with E-state index in [9.17, 15) is 9.59 Å². The molecule has 0 radical (unpaired) electrons. The lowest BCUT2D eigenvalue weighted by molar-refractivity contribution is -0.130. The summed E-state index contributed by atoms with van der Waals surface area (Å²) in [6.07, 6.45) is 5.47. The van der Waals surface area contributed by atoms with Crippen LogP contribution in [0, 0.1) is 10.8 Å². The first kappa shape index (κ1) is 16.9. The molecule has 1 fully saturated rings. The third-order valence-corrected chi connectivity index (χ3v) is 4.61. The Labute approximate surface area is 125 Å². The molecule has 5 N–H and O–H groups in total. The van der Waals surface area contributed by atoms with E-state index >= 15 is 0 Å². The van der Waals surface area contributed by atoms with Gasteiger partial charge in [-0.1, -0.05) is 37.9 Å². The fraction of sp³-hybridized carbons (Fsp3) is 0.786. The normalized spacial score (nSPS) is 18.9. The van der Waals surface area contributed by atoms with Crippen molar-refractivity contribution in [1.82, 2.24) is 5.32 Å². The maximum absolute atomic E-state index is 12.6. The van der Waals surface area contributed by atoms with Gasteiger partial charge in [-0.15, -0.1) is 0 Å². The number of rotatable bonds is 5. The molecule has 1 aliphatic carbocycles. The molecule has 0 spiro atoms. The molecule has 0 heterocycles. The van der Waals surface area contributed by atoms with Gasteiger partial charge < -0.3 is 16.8 Å². The zero-order valence-electron chi connectivity index (χ0n) is 12.3. The number of carbonyl (C=O) groups is 2. The van der Waals surface area contributed by atoms with Crippen molar-refractivity contribution in [3.05, 3.63) is 0 Å². The van der Waals surface area contributed by atoms with E-state index in [0.29, 0.717) is 12.8 Å². The molecule has 20 heavy (non-hydrogen) atoms. The Bertz CT molecular complexity index is 399. The molecule has 5 nitrogen and oxygen atoms in total. The van der Waals surface area contributed by atoms with Gasteiger partial charge in [0.25, 0.3) is 0 Å². The summed E-state index contributed by atoms with van der Waals surface area (Å²) in [5.41, 5.74) is 9.62. The highest BCUT2D eigenvalue weighted by Gasteiger charge is 2.42. The maximum atomic E-state index is 12.6. The predicted molar refractivity (Wildman–Crippen MR) is 82.9 cm³/mol. The largest absolute Gasteiger partial charge is 0.392 e. The summed E-state index contributed by atoms with van der Waals surface area (Å²) in [5, 5.41) is 2.82. The fourth-order valence-electron chi connectivity index (χ4n) is 2.48. The lowest BCUT2D eigenvalue weighted by Gasteiger charge is -2.32. The molecule has 0 bridgehead atoms. The molecule has 114 valence electrons. The lowest BCUT2D eigenvalue weighted by atomic mass is 9.79. The zero-order chi connectivity index (χ0) is 15.4. The molecule has 0 atom stereocenters. The minimum atomic E-state index is -0.780. The van der Waals surface area contributed by atoms with Gasteiger partial charge in [0, 0.05) is 6.54 Å². The van der Waals surface area contributed by atoms with Gasteiger partial charge in [-0.25, -0.2) is 0 Å². The molecule has 6 heteroatoms. The molecule has 0 aromatic rings. The van der Waals surface area contributed by atoms with Crippen LogP contribution in [0.5, 0.6) is 0 Å². The Kier molecular flexibility index (Phi) is 5.50. The molecule has 0 saturated heterocycles. The van der Waals surface area contributed by atoms with E-state index in [-0.39, 0.29) is 17.4 Å². The van der Waals surface area contributed by atoms with Gasteiger partial charge in [0.1, 0.15) is 0 Å². The highest BCUT2D eigenvalue weighted by atomic mass is 32.1. The summed E-state index contributed by atoms with van der Waals surface area (Å²) in [6.45, 7) is 3.61. The van der Waals surface area contributed by atoms with Gasteiger partial charge in [-0.2, -0.15) is 0 Å². The molecule has 0 unspecified atom stereocenters. The highest BCUT2D eigenvalue weighted by Crippen LogP contribution is 2.36. The van der Waals surface area contributed by atoms with Gasteiger partial charge in [0.15, 0.2) is 0 Å².